The highest BCUT2D eigenvalue weighted by Crippen LogP contribution is 2.57. The van der Waals surface area contributed by atoms with Crippen molar-refractivity contribution in [1.82, 2.24) is 4.90 Å². The van der Waals surface area contributed by atoms with Crippen molar-refractivity contribution in [3.05, 3.63) is 0 Å². The third-order valence-electron chi connectivity index (χ3n) is 3.07. The number of hydrogen-bond acceptors (Lipinski definition) is 1. The highest BCUT2D eigenvalue weighted by Gasteiger charge is 2.52. The molecule has 0 aromatic rings. The SMILES string of the molecule is CN1CCC2(CC1)CC2Br. The van der Waals surface area contributed by atoms with E-state index in [-0.39, 0.29) is 0 Å². The lowest BCUT2D eigenvalue weighted by Crippen LogP contribution is -2.31. The molecule has 1 atom stereocenters. The van der Waals surface area contributed by atoms with Gasteiger partial charge in [0.2, 0.25) is 0 Å². The van der Waals surface area contributed by atoms with Crippen molar-refractivity contribution in [2.75, 3.05) is 20.1 Å². The highest BCUT2D eigenvalue weighted by atomic mass is 79.9. The van der Waals surface area contributed by atoms with Gasteiger partial charge in [0.15, 0.2) is 0 Å². The summed E-state index contributed by atoms with van der Waals surface area (Å²) in [5.41, 5.74) is 0.743. The van der Waals surface area contributed by atoms with Crippen LogP contribution in [0.25, 0.3) is 0 Å². The standard InChI is InChI=1S/C8H14BrN/c1-10-4-2-8(3-5-10)6-7(8)9/h7H,2-6H2,1H3. The summed E-state index contributed by atoms with van der Waals surface area (Å²) >= 11 is 3.70. The maximum Gasteiger partial charge on any atom is 0.0209 e. The van der Waals surface area contributed by atoms with E-state index in [1.54, 1.807) is 0 Å². The first kappa shape index (κ1) is 7.11. The van der Waals surface area contributed by atoms with Crippen LogP contribution in [0, 0.1) is 5.41 Å². The molecular weight excluding hydrogens is 190 g/mol. The van der Waals surface area contributed by atoms with Gasteiger partial charge >= 0.3 is 0 Å². The number of halogens is 1. The van der Waals surface area contributed by atoms with Gasteiger partial charge in [0.25, 0.3) is 0 Å². The molecule has 2 aliphatic rings. The number of hydrogen-bond donors (Lipinski definition) is 0. The highest BCUT2D eigenvalue weighted by molar-refractivity contribution is 9.09. The number of alkyl halides is 1. The molecule has 1 aliphatic heterocycles. The molecular formula is C8H14BrN. The summed E-state index contributed by atoms with van der Waals surface area (Å²) in [6.45, 7) is 2.62. The van der Waals surface area contributed by atoms with Gasteiger partial charge in [0, 0.05) is 4.83 Å². The van der Waals surface area contributed by atoms with E-state index in [2.05, 4.69) is 27.9 Å². The summed E-state index contributed by atoms with van der Waals surface area (Å²) in [5, 5.41) is 0. The Morgan fingerprint density at radius 2 is 1.90 bits per heavy atom. The molecule has 1 spiro atoms. The lowest BCUT2D eigenvalue weighted by molar-refractivity contribution is 0.207. The molecule has 0 N–H and O–H groups in total. The number of piperidine rings is 1. The van der Waals surface area contributed by atoms with Crippen molar-refractivity contribution >= 4 is 15.9 Å². The summed E-state index contributed by atoms with van der Waals surface area (Å²) in [6.07, 6.45) is 4.26. The monoisotopic (exact) mass is 203 g/mol. The Balaban J connectivity index is 1.93. The largest absolute Gasteiger partial charge is 0.306 e. The van der Waals surface area contributed by atoms with E-state index in [1.165, 1.54) is 32.4 Å². The molecule has 2 fully saturated rings. The van der Waals surface area contributed by atoms with Crippen LogP contribution in [-0.4, -0.2) is 29.9 Å². The Labute approximate surface area is 70.9 Å². The first-order valence-corrected chi connectivity index (χ1v) is 4.97. The van der Waals surface area contributed by atoms with Crippen LogP contribution in [0.4, 0.5) is 0 Å². The van der Waals surface area contributed by atoms with Crippen LogP contribution in [0.5, 0.6) is 0 Å². The van der Waals surface area contributed by atoms with E-state index in [0.29, 0.717) is 0 Å². The fraction of sp³-hybridized carbons (Fsp3) is 1.00. The molecule has 2 heteroatoms. The summed E-state index contributed by atoms with van der Waals surface area (Å²) in [6, 6.07) is 0. The van der Waals surface area contributed by atoms with Gasteiger partial charge in [-0.1, -0.05) is 15.9 Å². The molecule has 1 saturated heterocycles. The van der Waals surface area contributed by atoms with Crippen LogP contribution in [-0.2, 0) is 0 Å². The second-order valence-electron chi connectivity index (χ2n) is 3.84. The molecule has 1 unspecified atom stereocenters. The topological polar surface area (TPSA) is 3.24 Å². The molecule has 0 amide bonds. The van der Waals surface area contributed by atoms with E-state index in [4.69, 9.17) is 0 Å². The Kier molecular flexibility index (Phi) is 1.57. The van der Waals surface area contributed by atoms with Crippen LogP contribution in [0.2, 0.25) is 0 Å². The van der Waals surface area contributed by atoms with Gasteiger partial charge in [-0.2, -0.15) is 0 Å². The molecule has 0 aromatic carbocycles. The Morgan fingerprint density at radius 1 is 1.40 bits per heavy atom. The zero-order valence-corrected chi connectivity index (χ0v) is 8.02. The third kappa shape index (κ3) is 1.02. The molecule has 1 nitrogen and oxygen atoms in total. The maximum atomic E-state index is 3.70. The van der Waals surface area contributed by atoms with Gasteiger partial charge in [-0.3, -0.25) is 0 Å². The van der Waals surface area contributed by atoms with Crippen molar-refractivity contribution in [1.29, 1.82) is 0 Å². The summed E-state index contributed by atoms with van der Waals surface area (Å²) < 4.78 is 0. The van der Waals surface area contributed by atoms with Gasteiger partial charge in [-0.25, -0.2) is 0 Å². The van der Waals surface area contributed by atoms with Crippen LogP contribution in [0.1, 0.15) is 19.3 Å². The van der Waals surface area contributed by atoms with Crippen LogP contribution >= 0.6 is 15.9 Å². The van der Waals surface area contributed by atoms with E-state index in [1.807, 2.05) is 0 Å². The number of likely N-dealkylation sites (tertiary alicyclic amines) is 1. The number of nitrogens with zero attached hydrogens (tertiary/aromatic N) is 1. The Bertz CT molecular complexity index is 138. The average Bonchev–Trinajstić information content (AvgIpc) is 2.53. The van der Waals surface area contributed by atoms with Crippen molar-refractivity contribution in [3.63, 3.8) is 0 Å². The lowest BCUT2D eigenvalue weighted by Gasteiger charge is -2.29. The van der Waals surface area contributed by atoms with Crippen molar-refractivity contribution in [2.45, 2.75) is 24.1 Å². The molecule has 10 heavy (non-hydrogen) atoms. The zero-order valence-electron chi connectivity index (χ0n) is 6.44. The average molecular weight is 204 g/mol. The minimum atomic E-state index is 0.743. The minimum absolute atomic E-state index is 0.743. The normalized spacial score (nSPS) is 38.4. The zero-order chi connectivity index (χ0) is 7.19. The van der Waals surface area contributed by atoms with Crippen molar-refractivity contribution in [3.8, 4) is 0 Å². The smallest absolute Gasteiger partial charge is 0.0209 e. The van der Waals surface area contributed by atoms with Crippen molar-refractivity contribution in [2.24, 2.45) is 5.41 Å². The first-order chi connectivity index (χ1) is 4.73. The molecule has 1 heterocycles. The van der Waals surface area contributed by atoms with E-state index in [0.717, 1.165) is 10.2 Å². The molecule has 1 aliphatic carbocycles. The molecule has 0 aromatic heterocycles. The van der Waals surface area contributed by atoms with E-state index < -0.39 is 0 Å². The Hall–Kier alpha value is 0.440. The van der Waals surface area contributed by atoms with E-state index in [9.17, 15) is 0 Å². The molecule has 0 radical (unpaired) electrons. The lowest BCUT2D eigenvalue weighted by atomic mass is 9.94. The van der Waals surface area contributed by atoms with Crippen molar-refractivity contribution < 1.29 is 0 Å². The molecule has 58 valence electrons. The predicted octanol–water partition coefficient (Wildman–Crippen LogP) is 1.87. The fourth-order valence-corrected chi connectivity index (χ4v) is 2.98. The Morgan fingerprint density at radius 3 is 2.30 bits per heavy atom. The fourth-order valence-electron chi connectivity index (χ4n) is 1.88. The van der Waals surface area contributed by atoms with E-state index >= 15 is 0 Å². The summed E-state index contributed by atoms with van der Waals surface area (Å²) in [4.78, 5) is 3.29. The quantitative estimate of drug-likeness (QED) is 0.544. The van der Waals surface area contributed by atoms with Crippen LogP contribution in [0.15, 0.2) is 0 Å². The van der Waals surface area contributed by atoms with Crippen LogP contribution in [0.3, 0.4) is 0 Å². The maximum absolute atomic E-state index is 3.70. The minimum Gasteiger partial charge on any atom is -0.306 e. The van der Waals surface area contributed by atoms with Gasteiger partial charge in [0.1, 0.15) is 0 Å². The summed E-state index contributed by atoms with van der Waals surface area (Å²) in [5.74, 6) is 0. The molecule has 1 saturated carbocycles. The van der Waals surface area contributed by atoms with Gasteiger partial charge in [0.05, 0.1) is 0 Å². The van der Waals surface area contributed by atoms with Gasteiger partial charge < -0.3 is 4.90 Å². The van der Waals surface area contributed by atoms with Crippen LogP contribution < -0.4 is 0 Å². The molecule has 0 bridgehead atoms. The second-order valence-corrected chi connectivity index (χ2v) is 4.94. The first-order valence-electron chi connectivity index (χ1n) is 4.06. The molecule has 2 rings (SSSR count). The van der Waals surface area contributed by atoms with Gasteiger partial charge in [-0.05, 0) is 44.8 Å². The number of rotatable bonds is 0. The predicted molar refractivity (Wildman–Crippen MR) is 46.5 cm³/mol. The second kappa shape index (κ2) is 2.21. The third-order valence-corrected chi connectivity index (χ3v) is 4.37. The van der Waals surface area contributed by atoms with Gasteiger partial charge in [-0.15, -0.1) is 0 Å². The summed E-state index contributed by atoms with van der Waals surface area (Å²) in [7, 11) is 2.22.